The zero-order valence-electron chi connectivity index (χ0n) is 21.9. The van der Waals surface area contributed by atoms with Crippen LogP contribution in [0.4, 0.5) is 33.3 Å². The summed E-state index contributed by atoms with van der Waals surface area (Å²) in [4.78, 5) is 21.2. The zero-order chi connectivity index (χ0) is 28.6. The Labute approximate surface area is 227 Å². The summed E-state index contributed by atoms with van der Waals surface area (Å²) in [6.45, 7) is 5.25. The molecule has 3 heterocycles. The van der Waals surface area contributed by atoms with Gasteiger partial charge in [0.1, 0.15) is 28.7 Å². The van der Waals surface area contributed by atoms with Gasteiger partial charge in [0.25, 0.3) is 0 Å². The first kappa shape index (κ1) is 27.4. The van der Waals surface area contributed by atoms with Gasteiger partial charge in [0.05, 0.1) is 11.4 Å². The second-order valence-electron chi connectivity index (χ2n) is 9.86. The molecule has 0 aliphatic carbocycles. The standard InChI is InChI=1S/C29H27F5N4O2/c1-18-16-36(13-14-37(18)22-6-8-23(9-7-22)40-29(32,33)34)25-10-3-20(15-24(25)31)4-11-26(39)28-19(2)35-27-12-5-21(30)17-38(27)28/h3,5-10,12,15,17-18H,4,11,13-14,16H2,1-2H3/t18-/m1/s1. The van der Waals surface area contributed by atoms with Crippen LogP contribution in [0, 0.1) is 18.6 Å². The first-order valence-corrected chi connectivity index (χ1v) is 12.8. The number of pyridine rings is 1. The molecule has 0 bridgehead atoms. The van der Waals surface area contributed by atoms with E-state index in [1.807, 2.05) is 11.8 Å². The number of alkyl halides is 3. The molecule has 2 aromatic heterocycles. The summed E-state index contributed by atoms with van der Waals surface area (Å²) in [6.07, 6.45) is -3.08. The molecule has 0 N–H and O–H groups in total. The third-order valence-corrected chi connectivity index (χ3v) is 7.04. The van der Waals surface area contributed by atoms with Crippen LogP contribution in [0.1, 0.15) is 35.1 Å². The molecule has 210 valence electrons. The van der Waals surface area contributed by atoms with Crippen molar-refractivity contribution < 1.29 is 31.5 Å². The Morgan fingerprint density at radius 1 is 1.05 bits per heavy atom. The molecule has 1 aliphatic rings. The van der Waals surface area contributed by atoms with Gasteiger partial charge in [-0.05, 0) is 74.4 Å². The molecule has 6 nitrogen and oxygen atoms in total. The lowest BCUT2D eigenvalue weighted by molar-refractivity contribution is -0.274. The van der Waals surface area contributed by atoms with Crippen LogP contribution >= 0.6 is 0 Å². The molecule has 0 amide bonds. The number of hydrogen-bond acceptors (Lipinski definition) is 5. The number of benzene rings is 2. The number of halogens is 5. The second-order valence-corrected chi connectivity index (χ2v) is 9.86. The quantitative estimate of drug-likeness (QED) is 0.196. The van der Waals surface area contributed by atoms with Gasteiger partial charge in [0, 0.05) is 44.0 Å². The SMILES string of the molecule is Cc1nc2ccc(F)cn2c1C(=O)CCc1ccc(N2CCN(c3ccc(OC(F)(F)F)cc3)[C@H](C)C2)c(F)c1. The summed E-state index contributed by atoms with van der Waals surface area (Å²) in [5.41, 5.74) is 3.19. The van der Waals surface area contributed by atoms with Crippen LogP contribution in [0.2, 0.25) is 0 Å². The van der Waals surface area contributed by atoms with Crippen molar-refractivity contribution in [1.82, 2.24) is 9.38 Å². The lowest BCUT2D eigenvalue weighted by Crippen LogP contribution is -2.52. The van der Waals surface area contributed by atoms with E-state index in [2.05, 4.69) is 14.6 Å². The first-order chi connectivity index (χ1) is 19.0. The Balaban J connectivity index is 1.21. The second kappa shape index (κ2) is 10.8. The molecular weight excluding hydrogens is 531 g/mol. The fourth-order valence-corrected chi connectivity index (χ4v) is 5.21. The van der Waals surface area contributed by atoms with Crippen LogP contribution in [0.15, 0.2) is 60.8 Å². The number of ether oxygens (including phenoxy) is 1. The van der Waals surface area contributed by atoms with Gasteiger partial charge >= 0.3 is 6.36 Å². The van der Waals surface area contributed by atoms with Crippen molar-refractivity contribution in [3.05, 3.63) is 89.4 Å². The number of rotatable bonds is 7. The summed E-state index contributed by atoms with van der Waals surface area (Å²) in [5.74, 6) is -1.36. The maximum Gasteiger partial charge on any atom is 0.573 e. The van der Waals surface area contributed by atoms with Crippen molar-refractivity contribution in [2.45, 2.75) is 39.1 Å². The number of hydrogen-bond donors (Lipinski definition) is 0. The molecule has 5 rings (SSSR count). The van der Waals surface area contributed by atoms with Crippen LogP contribution in [-0.4, -0.2) is 47.2 Å². The number of aryl methyl sites for hydroxylation is 2. The van der Waals surface area contributed by atoms with Crippen LogP contribution in [0.5, 0.6) is 5.75 Å². The van der Waals surface area contributed by atoms with E-state index in [9.17, 15) is 22.4 Å². The number of nitrogens with zero attached hydrogens (tertiary/aromatic N) is 4. The van der Waals surface area contributed by atoms with Gasteiger partial charge < -0.3 is 14.5 Å². The van der Waals surface area contributed by atoms with Gasteiger partial charge in [-0.15, -0.1) is 13.2 Å². The average Bonchev–Trinajstić information content (AvgIpc) is 3.22. The maximum atomic E-state index is 15.2. The molecule has 11 heteroatoms. The van der Waals surface area contributed by atoms with Crippen molar-refractivity contribution in [3.8, 4) is 5.75 Å². The van der Waals surface area contributed by atoms with E-state index in [0.717, 1.165) is 5.69 Å². The van der Waals surface area contributed by atoms with Gasteiger partial charge in [0.15, 0.2) is 5.78 Å². The highest BCUT2D eigenvalue weighted by Crippen LogP contribution is 2.30. The summed E-state index contributed by atoms with van der Waals surface area (Å²) in [5, 5.41) is 0. The van der Waals surface area contributed by atoms with E-state index >= 15 is 4.39 Å². The first-order valence-electron chi connectivity index (χ1n) is 12.8. The Kier molecular flexibility index (Phi) is 7.39. The molecule has 0 radical (unpaired) electrons. The molecule has 1 fully saturated rings. The summed E-state index contributed by atoms with van der Waals surface area (Å²) >= 11 is 0. The number of carbonyl (C=O) groups is 1. The third-order valence-electron chi connectivity index (χ3n) is 7.04. The molecule has 2 aromatic carbocycles. The molecule has 4 aromatic rings. The number of piperazine rings is 1. The zero-order valence-corrected chi connectivity index (χ0v) is 21.9. The van der Waals surface area contributed by atoms with Crippen LogP contribution in [-0.2, 0) is 6.42 Å². The lowest BCUT2D eigenvalue weighted by atomic mass is 10.0. The predicted molar refractivity (Wildman–Crippen MR) is 141 cm³/mol. The monoisotopic (exact) mass is 558 g/mol. The van der Waals surface area contributed by atoms with Gasteiger partial charge in [-0.2, -0.15) is 0 Å². The number of carbonyl (C=O) groups excluding carboxylic acids is 1. The van der Waals surface area contributed by atoms with Crippen molar-refractivity contribution >= 4 is 22.8 Å². The van der Waals surface area contributed by atoms with Crippen LogP contribution in [0.3, 0.4) is 0 Å². The number of fused-ring (bicyclic) bond motifs is 1. The van der Waals surface area contributed by atoms with E-state index in [1.165, 1.54) is 40.9 Å². The Morgan fingerprint density at radius 2 is 1.80 bits per heavy atom. The minimum atomic E-state index is -4.75. The Bertz CT molecular complexity index is 1530. The topological polar surface area (TPSA) is 50.1 Å². The molecule has 1 aliphatic heterocycles. The smallest absolute Gasteiger partial charge is 0.406 e. The van der Waals surface area contributed by atoms with Crippen LogP contribution in [0.25, 0.3) is 5.65 Å². The normalized spacial score (nSPS) is 16.0. The van der Waals surface area contributed by atoms with E-state index in [0.29, 0.717) is 54.3 Å². The minimum Gasteiger partial charge on any atom is -0.406 e. The molecule has 1 saturated heterocycles. The molecule has 40 heavy (non-hydrogen) atoms. The molecule has 0 spiro atoms. The van der Waals surface area contributed by atoms with E-state index < -0.39 is 18.0 Å². The number of imidazole rings is 1. The largest absolute Gasteiger partial charge is 0.573 e. The minimum absolute atomic E-state index is 0.0293. The van der Waals surface area contributed by atoms with Crippen molar-refractivity contribution in [3.63, 3.8) is 0 Å². The summed E-state index contributed by atoms with van der Waals surface area (Å²) in [7, 11) is 0. The highest BCUT2D eigenvalue weighted by Gasteiger charge is 2.31. The number of Topliss-reactive ketones (excluding diaryl/α,β-unsaturated/α-hetero) is 1. The fourth-order valence-electron chi connectivity index (χ4n) is 5.21. The fraction of sp³-hybridized carbons (Fsp3) is 0.310. The van der Waals surface area contributed by atoms with E-state index in [4.69, 9.17) is 0 Å². The van der Waals surface area contributed by atoms with E-state index in [-0.39, 0.29) is 24.0 Å². The molecule has 1 atom stereocenters. The van der Waals surface area contributed by atoms with Gasteiger partial charge in [-0.25, -0.2) is 13.8 Å². The number of aromatic nitrogens is 2. The molecule has 0 unspecified atom stereocenters. The molecular formula is C29H27F5N4O2. The van der Waals surface area contributed by atoms with Gasteiger partial charge in [0.2, 0.25) is 0 Å². The summed E-state index contributed by atoms with van der Waals surface area (Å²) in [6, 6.07) is 13.4. The highest BCUT2D eigenvalue weighted by molar-refractivity contribution is 5.96. The number of ketones is 1. The Hall–Kier alpha value is -4.15. The average molecular weight is 559 g/mol. The van der Waals surface area contributed by atoms with Crippen molar-refractivity contribution in [2.24, 2.45) is 0 Å². The highest BCUT2D eigenvalue weighted by atomic mass is 19.4. The maximum absolute atomic E-state index is 15.2. The number of anilines is 2. The lowest BCUT2D eigenvalue weighted by Gasteiger charge is -2.42. The van der Waals surface area contributed by atoms with E-state index in [1.54, 1.807) is 31.2 Å². The Morgan fingerprint density at radius 3 is 2.48 bits per heavy atom. The van der Waals surface area contributed by atoms with Crippen LogP contribution < -0.4 is 14.5 Å². The predicted octanol–water partition coefficient (Wildman–Crippen LogP) is 6.35. The van der Waals surface area contributed by atoms with Crippen molar-refractivity contribution in [2.75, 3.05) is 29.4 Å². The van der Waals surface area contributed by atoms with Gasteiger partial charge in [-0.3, -0.25) is 9.20 Å². The summed E-state index contributed by atoms with van der Waals surface area (Å²) < 4.78 is 71.6. The third kappa shape index (κ3) is 5.88. The molecule has 0 saturated carbocycles. The van der Waals surface area contributed by atoms with Crippen molar-refractivity contribution in [1.29, 1.82) is 0 Å². The van der Waals surface area contributed by atoms with Gasteiger partial charge in [-0.1, -0.05) is 6.07 Å².